The van der Waals surface area contributed by atoms with Crippen molar-refractivity contribution in [1.29, 1.82) is 0 Å². The van der Waals surface area contributed by atoms with Gasteiger partial charge in [0.1, 0.15) is 6.54 Å². The number of carbonyl (C=O) groups is 3. The summed E-state index contributed by atoms with van der Waals surface area (Å²) in [7, 11) is 0. The summed E-state index contributed by atoms with van der Waals surface area (Å²) in [5.41, 5.74) is 2.02. The molecule has 0 spiro atoms. The van der Waals surface area contributed by atoms with Crippen molar-refractivity contribution >= 4 is 23.3 Å². The largest absolute Gasteiger partial charge is 0.327 e. The van der Waals surface area contributed by atoms with E-state index in [1.54, 1.807) is 24.3 Å². The molecule has 5 heteroatoms. The fraction of sp³-hybridized carbons (Fsp3) is 0.250. The van der Waals surface area contributed by atoms with Gasteiger partial charge in [0.25, 0.3) is 0 Å². The first-order valence-electron chi connectivity index (χ1n) is 8.11. The summed E-state index contributed by atoms with van der Waals surface area (Å²) in [6, 6.07) is 16.1. The lowest BCUT2D eigenvalue weighted by Gasteiger charge is -2.28. The van der Waals surface area contributed by atoms with Gasteiger partial charge in [0.05, 0.1) is 6.04 Å². The van der Waals surface area contributed by atoms with Crippen LogP contribution in [0, 0.1) is 0 Å². The number of hydrogen-bond donors (Lipinski definition) is 1. The fourth-order valence-electron chi connectivity index (χ4n) is 2.60. The van der Waals surface area contributed by atoms with Gasteiger partial charge in [0.15, 0.2) is 5.78 Å². The molecule has 0 saturated carbocycles. The normalized spacial score (nSPS) is 11.5. The van der Waals surface area contributed by atoms with Gasteiger partial charge in [0.2, 0.25) is 11.8 Å². The fourth-order valence-corrected chi connectivity index (χ4v) is 2.60. The Balaban J connectivity index is 2.09. The Labute approximate surface area is 147 Å². The molecule has 0 radical (unpaired) electrons. The zero-order valence-electron chi connectivity index (χ0n) is 14.7. The van der Waals surface area contributed by atoms with E-state index in [2.05, 4.69) is 5.32 Å². The van der Waals surface area contributed by atoms with Crippen molar-refractivity contribution in [3.05, 3.63) is 65.7 Å². The first-order valence-corrected chi connectivity index (χ1v) is 8.11. The third-order valence-electron chi connectivity index (χ3n) is 4.02. The van der Waals surface area contributed by atoms with E-state index in [0.717, 1.165) is 5.56 Å². The summed E-state index contributed by atoms with van der Waals surface area (Å²) >= 11 is 0. The Kier molecular flexibility index (Phi) is 6.06. The maximum atomic E-state index is 12.4. The lowest BCUT2D eigenvalue weighted by atomic mass is 10.1. The zero-order chi connectivity index (χ0) is 18.4. The molecule has 2 amide bonds. The summed E-state index contributed by atoms with van der Waals surface area (Å²) in [5, 5.41) is 2.74. The molecule has 2 rings (SSSR count). The molecule has 0 fully saturated rings. The Morgan fingerprint density at radius 1 is 1.00 bits per heavy atom. The maximum absolute atomic E-state index is 12.4. The Hall–Kier alpha value is -2.95. The molecule has 0 heterocycles. The van der Waals surface area contributed by atoms with E-state index in [1.165, 1.54) is 18.7 Å². The van der Waals surface area contributed by atoms with E-state index in [-0.39, 0.29) is 30.2 Å². The van der Waals surface area contributed by atoms with Crippen molar-refractivity contribution in [1.82, 2.24) is 4.90 Å². The van der Waals surface area contributed by atoms with Crippen molar-refractivity contribution in [2.45, 2.75) is 26.8 Å². The third-order valence-corrected chi connectivity index (χ3v) is 4.02. The average molecular weight is 338 g/mol. The van der Waals surface area contributed by atoms with Crippen molar-refractivity contribution in [2.24, 2.45) is 0 Å². The van der Waals surface area contributed by atoms with Gasteiger partial charge in [-0.3, -0.25) is 14.4 Å². The number of carbonyl (C=O) groups excluding carboxylic acids is 3. The number of amides is 2. The van der Waals surface area contributed by atoms with Crippen LogP contribution in [0.1, 0.15) is 42.7 Å². The van der Waals surface area contributed by atoms with Crippen LogP contribution < -0.4 is 5.32 Å². The highest BCUT2D eigenvalue weighted by atomic mass is 16.2. The molecule has 0 aromatic heterocycles. The highest BCUT2D eigenvalue weighted by molar-refractivity contribution is 5.98. The molecule has 5 nitrogen and oxygen atoms in total. The zero-order valence-corrected chi connectivity index (χ0v) is 14.7. The molecule has 130 valence electrons. The van der Waals surface area contributed by atoms with Crippen LogP contribution in [0.5, 0.6) is 0 Å². The minimum absolute atomic E-state index is 0.0598. The van der Waals surface area contributed by atoms with E-state index in [1.807, 2.05) is 37.3 Å². The lowest BCUT2D eigenvalue weighted by molar-refractivity contribution is -0.134. The first-order chi connectivity index (χ1) is 11.9. The summed E-state index contributed by atoms with van der Waals surface area (Å²) < 4.78 is 0. The first kappa shape index (κ1) is 18.4. The van der Waals surface area contributed by atoms with Crippen LogP contribution in [-0.4, -0.2) is 29.0 Å². The molecule has 0 bridgehead atoms. The Morgan fingerprint density at radius 2 is 1.68 bits per heavy atom. The second-order valence-corrected chi connectivity index (χ2v) is 5.92. The van der Waals surface area contributed by atoms with E-state index in [9.17, 15) is 14.4 Å². The van der Waals surface area contributed by atoms with Crippen LogP contribution in [0.25, 0.3) is 0 Å². The van der Waals surface area contributed by atoms with E-state index in [4.69, 9.17) is 0 Å². The van der Waals surface area contributed by atoms with E-state index >= 15 is 0 Å². The number of hydrogen-bond acceptors (Lipinski definition) is 3. The maximum Gasteiger partial charge on any atom is 0.244 e. The van der Waals surface area contributed by atoms with Crippen molar-refractivity contribution in [3.63, 3.8) is 0 Å². The SMILES string of the molecule is CC(=O)c1cccc(NC(=O)CN(C(C)=O)C(C)c2ccccc2)c1. The van der Waals surface area contributed by atoms with Crippen molar-refractivity contribution in [3.8, 4) is 0 Å². The molecule has 2 aromatic rings. The van der Waals surface area contributed by atoms with Crippen molar-refractivity contribution < 1.29 is 14.4 Å². The van der Waals surface area contributed by atoms with Crippen LogP contribution in [0.15, 0.2) is 54.6 Å². The Bertz CT molecular complexity index is 772. The number of rotatable bonds is 6. The molecule has 1 N–H and O–H groups in total. The van der Waals surface area contributed by atoms with Crippen LogP contribution in [0.4, 0.5) is 5.69 Å². The molecule has 2 aromatic carbocycles. The molecule has 0 aliphatic rings. The quantitative estimate of drug-likeness (QED) is 0.821. The highest BCUT2D eigenvalue weighted by Gasteiger charge is 2.21. The molecule has 1 atom stereocenters. The van der Waals surface area contributed by atoms with Gasteiger partial charge in [-0.1, -0.05) is 42.5 Å². The molecule has 25 heavy (non-hydrogen) atoms. The van der Waals surface area contributed by atoms with Gasteiger partial charge < -0.3 is 10.2 Å². The lowest BCUT2D eigenvalue weighted by Crippen LogP contribution is -2.38. The number of Topliss-reactive ketones (excluding diaryl/α,β-unsaturated/α-hetero) is 1. The molecule has 0 aliphatic heterocycles. The minimum Gasteiger partial charge on any atom is -0.327 e. The van der Waals surface area contributed by atoms with E-state index < -0.39 is 0 Å². The molecular weight excluding hydrogens is 316 g/mol. The van der Waals surface area contributed by atoms with Gasteiger partial charge >= 0.3 is 0 Å². The minimum atomic E-state index is -0.307. The van der Waals surface area contributed by atoms with Gasteiger partial charge in [0, 0.05) is 18.2 Å². The molecule has 1 unspecified atom stereocenters. The second-order valence-electron chi connectivity index (χ2n) is 5.92. The van der Waals surface area contributed by atoms with Crippen LogP contribution in [0.2, 0.25) is 0 Å². The predicted molar refractivity (Wildman–Crippen MR) is 97.3 cm³/mol. The van der Waals surface area contributed by atoms with Crippen molar-refractivity contribution in [2.75, 3.05) is 11.9 Å². The van der Waals surface area contributed by atoms with Gasteiger partial charge in [-0.05, 0) is 31.5 Å². The number of nitrogens with one attached hydrogen (secondary N) is 1. The summed E-state index contributed by atoms with van der Waals surface area (Å²) in [6.07, 6.45) is 0. The third kappa shape index (κ3) is 5.01. The smallest absolute Gasteiger partial charge is 0.244 e. The molecule has 0 aliphatic carbocycles. The van der Waals surface area contributed by atoms with Crippen LogP contribution >= 0.6 is 0 Å². The summed E-state index contributed by atoms with van der Waals surface area (Å²) in [4.78, 5) is 37.3. The highest BCUT2D eigenvalue weighted by Crippen LogP contribution is 2.20. The van der Waals surface area contributed by atoms with Gasteiger partial charge in [-0.25, -0.2) is 0 Å². The standard InChI is InChI=1S/C20H22N2O3/c1-14(17-8-5-4-6-9-17)22(16(3)24)13-20(25)21-19-11-7-10-18(12-19)15(2)23/h4-12,14H,13H2,1-3H3,(H,21,25). The summed E-state index contributed by atoms with van der Waals surface area (Å²) in [6.45, 7) is 4.75. The topological polar surface area (TPSA) is 66.5 Å². The van der Waals surface area contributed by atoms with Gasteiger partial charge in [-0.2, -0.15) is 0 Å². The van der Waals surface area contributed by atoms with Gasteiger partial charge in [-0.15, -0.1) is 0 Å². The average Bonchev–Trinajstić information content (AvgIpc) is 2.60. The number of ketones is 1. The number of benzene rings is 2. The predicted octanol–water partition coefficient (Wildman–Crippen LogP) is 3.44. The monoisotopic (exact) mass is 338 g/mol. The Morgan fingerprint density at radius 3 is 2.28 bits per heavy atom. The number of anilines is 1. The van der Waals surface area contributed by atoms with Crippen LogP contribution in [0.3, 0.4) is 0 Å². The summed E-state index contributed by atoms with van der Waals surface area (Å²) in [5.74, 6) is -0.554. The van der Waals surface area contributed by atoms with E-state index in [0.29, 0.717) is 11.3 Å². The van der Waals surface area contributed by atoms with Crippen LogP contribution in [-0.2, 0) is 9.59 Å². The molecule has 0 saturated heterocycles. The molecular formula is C20H22N2O3. The second kappa shape index (κ2) is 8.24. The number of nitrogens with zero attached hydrogens (tertiary/aromatic N) is 1.